The number of rotatable bonds is 4. The molecule has 0 atom stereocenters. The average Bonchev–Trinajstić information content (AvgIpc) is 3.35. The summed E-state index contributed by atoms with van der Waals surface area (Å²) >= 11 is 0. The van der Waals surface area contributed by atoms with Gasteiger partial charge in [0.05, 0.1) is 12.6 Å². The van der Waals surface area contributed by atoms with Gasteiger partial charge in [0.25, 0.3) is 0 Å². The average molecular weight is 408 g/mol. The summed E-state index contributed by atoms with van der Waals surface area (Å²) in [6.07, 6.45) is 7.70. The third kappa shape index (κ3) is 3.58. The Hall–Kier alpha value is -3.16. The zero-order valence-electron chi connectivity index (χ0n) is 18.3. The smallest absolute Gasteiger partial charge is 0.244 e. The van der Waals surface area contributed by atoms with Crippen LogP contribution in [-0.2, 0) is 7.05 Å². The first-order chi connectivity index (χ1) is 14.5. The molecule has 8 nitrogen and oxygen atoms in total. The summed E-state index contributed by atoms with van der Waals surface area (Å²) in [5, 5.41) is 15.5. The van der Waals surface area contributed by atoms with E-state index in [-0.39, 0.29) is 0 Å². The molecule has 30 heavy (non-hydrogen) atoms. The lowest BCUT2D eigenvalue weighted by molar-refractivity contribution is 0.155. The molecule has 5 rings (SSSR count). The molecule has 0 aliphatic heterocycles. The quantitative estimate of drug-likeness (QED) is 0.543. The highest BCUT2D eigenvalue weighted by Crippen LogP contribution is 2.42. The van der Waals surface area contributed by atoms with Gasteiger partial charge >= 0.3 is 0 Å². The number of nitrogens with one attached hydrogen (secondary N) is 1. The molecule has 3 aromatic heterocycles. The number of benzene rings is 1. The predicted octanol–water partition coefficient (Wildman–Crippen LogP) is 4.31. The van der Waals surface area contributed by atoms with Gasteiger partial charge in [0.15, 0.2) is 0 Å². The van der Waals surface area contributed by atoms with E-state index in [2.05, 4.69) is 45.6 Å². The Balaban J connectivity index is 0.000000265. The fourth-order valence-electron chi connectivity index (χ4n) is 3.81. The van der Waals surface area contributed by atoms with E-state index in [1.807, 2.05) is 31.4 Å². The Labute approximate surface area is 176 Å². The highest BCUT2D eigenvalue weighted by Gasteiger charge is 2.28. The van der Waals surface area contributed by atoms with Gasteiger partial charge in [-0.05, 0) is 42.0 Å². The van der Waals surface area contributed by atoms with Crippen LogP contribution < -0.4 is 10.1 Å². The number of nitrogens with zero attached hydrogens (tertiary/aromatic N) is 6. The lowest BCUT2D eigenvalue weighted by Gasteiger charge is -2.37. The monoisotopic (exact) mass is 407 g/mol. The number of hydrogen-bond donors (Lipinski definition) is 1. The summed E-state index contributed by atoms with van der Waals surface area (Å²) in [6.45, 7) is 4.68. The standard InChI is InChI=1S/C15H15N7O.C7H14/c1-16-15-17-14(23-3)13-10(6-7-22(13)19-15)9-4-5-11-12(8-9)21(2)20-18-11;1-3-7(2)5-4-6-7/h4-8H,1-3H3,(H,16,19);3-6H2,1-2H3. The molecule has 1 aromatic carbocycles. The van der Waals surface area contributed by atoms with Crippen molar-refractivity contribution >= 4 is 22.5 Å². The molecular weight excluding hydrogens is 378 g/mol. The molecule has 0 unspecified atom stereocenters. The van der Waals surface area contributed by atoms with Crippen molar-refractivity contribution in [2.24, 2.45) is 12.5 Å². The fraction of sp³-hybridized carbons (Fsp3) is 0.455. The van der Waals surface area contributed by atoms with Gasteiger partial charge < -0.3 is 10.1 Å². The highest BCUT2D eigenvalue weighted by molar-refractivity contribution is 5.89. The molecule has 1 N–H and O–H groups in total. The minimum Gasteiger partial charge on any atom is -0.479 e. The molecule has 0 amide bonds. The van der Waals surface area contributed by atoms with Crippen LogP contribution in [0.4, 0.5) is 5.95 Å². The van der Waals surface area contributed by atoms with E-state index in [0.717, 1.165) is 33.1 Å². The lowest BCUT2D eigenvalue weighted by atomic mass is 9.69. The Kier molecular flexibility index (Phi) is 5.32. The molecule has 1 aliphatic carbocycles. The first-order valence-electron chi connectivity index (χ1n) is 10.4. The Bertz CT molecular complexity index is 1170. The van der Waals surface area contributed by atoms with Gasteiger partial charge in [-0.2, -0.15) is 4.98 Å². The van der Waals surface area contributed by atoms with Crippen molar-refractivity contribution in [1.29, 1.82) is 0 Å². The summed E-state index contributed by atoms with van der Waals surface area (Å²) in [6, 6.07) is 8.02. The van der Waals surface area contributed by atoms with Gasteiger partial charge in [-0.3, -0.25) is 0 Å². The van der Waals surface area contributed by atoms with E-state index in [9.17, 15) is 0 Å². The second-order valence-electron chi connectivity index (χ2n) is 8.15. The van der Waals surface area contributed by atoms with E-state index in [1.165, 1.54) is 25.7 Å². The minimum absolute atomic E-state index is 0.503. The zero-order chi connectivity index (χ0) is 21.3. The summed E-state index contributed by atoms with van der Waals surface area (Å²) < 4.78 is 8.96. The molecule has 3 heterocycles. The summed E-state index contributed by atoms with van der Waals surface area (Å²) in [7, 11) is 5.25. The minimum atomic E-state index is 0.503. The van der Waals surface area contributed by atoms with Crippen LogP contribution >= 0.6 is 0 Å². The van der Waals surface area contributed by atoms with Crippen LogP contribution in [0.1, 0.15) is 39.5 Å². The van der Waals surface area contributed by atoms with Crippen molar-refractivity contribution in [3.8, 4) is 17.0 Å². The predicted molar refractivity (Wildman–Crippen MR) is 119 cm³/mol. The second kappa shape index (κ2) is 7.93. The molecular formula is C22H29N7O. The number of ether oxygens (including phenoxy) is 1. The largest absolute Gasteiger partial charge is 0.479 e. The Morgan fingerprint density at radius 3 is 2.63 bits per heavy atom. The molecule has 8 heteroatoms. The zero-order valence-corrected chi connectivity index (χ0v) is 18.3. The van der Waals surface area contributed by atoms with E-state index in [1.54, 1.807) is 23.4 Å². The van der Waals surface area contributed by atoms with Crippen LogP contribution in [0.2, 0.25) is 0 Å². The summed E-state index contributed by atoms with van der Waals surface area (Å²) in [5.41, 5.74) is 5.44. The van der Waals surface area contributed by atoms with Gasteiger partial charge in [-0.1, -0.05) is 38.0 Å². The molecule has 0 radical (unpaired) electrons. The molecule has 0 bridgehead atoms. The third-order valence-electron chi connectivity index (χ3n) is 6.23. The first-order valence-corrected chi connectivity index (χ1v) is 10.4. The van der Waals surface area contributed by atoms with Crippen LogP contribution in [0.15, 0.2) is 30.5 Å². The summed E-state index contributed by atoms with van der Waals surface area (Å²) in [5.74, 6) is 1.02. The SMILES string of the molecule is CCC1(C)CCC1.CNc1nc(OC)c2c(-c3ccc4nnn(C)c4c3)ccn2n1. The summed E-state index contributed by atoms with van der Waals surface area (Å²) in [4.78, 5) is 4.37. The van der Waals surface area contributed by atoms with Crippen LogP contribution in [0.25, 0.3) is 27.7 Å². The number of aryl methyl sites for hydroxylation is 1. The van der Waals surface area contributed by atoms with Gasteiger partial charge in [-0.15, -0.1) is 10.2 Å². The van der Waals surface area contributed by atoms with Crippen LogP contribution in [0, 0.1) is 5.41 Å². The maximum Gasteiger partial charge on any atom is 0.244 e. The van der Waals surface area contributed by atoms with E-state index < -0.39 is 0 Å². The van der Waals surface area contributed by atoms with Crippen molar-refractivity contribution in [2.45, 2.75) is 39.5 Å². The first kappa shape index (κ1) is 20.1. The number of hydrogen-bond acceptors (Lipinski definition) is 6. The van der Waals surface area contributed by atoms with E-state index >= 15 is 0 Å². The normalized spacial score (nSPS) is 14.8. The van der Waals surface area contributed by atoms with Gasteiger partial charge in [0.2, 0.25) is 11.8 Å². The van der Waals surface area contributed by atoms with Crippen molar-refractivity contribution in [2.75, 3.05) is 19.5 Å². The number of aromatic nitrogens is 6. The van der Waals surface area contributed by atoms with E-state index in [0.29, 0.717) is 11.8 Å². The Morgan fingerprint density at radius 2 is 2.03 bits per heavy atom. The van der Waals surface area contributed by atoms with Crippen molar-refractivity contribution in [1.82, 2.24) is 29.6 Å². The molecule has 1 saturated carbocycles. The molecule has 0 spiro atoms. The fourth-order valence-corrected chi connectivity index (χ4v) is 3.81. The maximum atomic E-state index is 5.44. The van der Waals surface area contributed by atoms with Crippen molar-refractivity contribution in [3.63, 3.8) is 0 Å². The Morgan fingerprint density at radius 1 is 1.23 bits per heavy atom. The molecule has 4 aromatic rings. The molecule has 0 saturated heterocycles. The third-order valence-corrected chi connectivity index (χ3v) is 6.23. The molecule has 1 fully saturated rings. The van der Waals surface area contributed by atoms with Gasteiger partial charge in [0, 0.05) is 25.9 Å². The lowest BCUT2D eigenvalue weighted by Crippen LogP contribution is -2.23. The highest BCUT2D eigenvalue weighted by atomic mass is 16.5. The van der Waals surface area contributed by atoms with Gasteiger partial charge in [0.1, 0.15) is 11.0 Å². The van der Waals surface area contributed by atoms with Gasteiger partial charge in [-0.25, -0.2) is 9.20 Å². The number of anilines is 1. The topological polar surface area (TPSA) is 82.2 Å². The van der Waals surface area contributed by atoms with E-state index in [4.69, 9.17) is 4.74 Å². The van der Waals surface area contributed by atoms with Crippen molar-refractivity contribution in [3.05, 3.63) is 30.5 Å². The maximum absolute atomic E-state index is 5.44. The van der Waals surface area contributed by atoms with Crippen LogP contribution in [-0.4, -0.2) is 43.7 Å². The molecule has 1 aliphatic rings. The van der Waals surface area contributed by atoms with Crippen LogP contribution in [0.3, 0.4) is 0 Å². The molecule has 158 valence electrons. The van der Waals surface area contributed by atoms with Crippen molar-refractivity contribution < 1.29 is 4.74 Å². The number of methoxy groups -OCH3 is 1. The second-order valence-corrected chi connectivity index (χ2v) is 8.15. The number of fused-ring (bicyclic) bond motifs is 2. The van der Waals surface area contributed by atoms with Crippen LogP contribution in [0.5, 0.6) is 5.88 Å².